The van der Waals surface area contributed by atoms with E-state index in [-0.39, 0.29) is 12.6 Å². The zero-order valence-electron chi connectivity index (χ0n) is 9.71. The lowest BCUT2D eigenvalue weighted by atomic mass is 9.43. The summed E-state index contributed by atoms with van der Waals surface area (Å²) >= 11 is 0. The van der Waals surface area contributed by atoms with Crippen LogP contribution in [0, 0.1) is 22.7 Å². The van der Waals surface area contributed by atoms with Gasteiger partial charge in [-0.25, -0.2) is 0 Å². The van der Waals surface area contributed by atoms with Gasteiger partial charge in [-0.1, -0.05) is 6.92 Å². The summed E-state index contributed by atoms with van der Waals surface area (Å²) in [5.74, 6) is 1.82. The Kier molecular flexibility index (Phi) is 2.01. The van der Waals surface area contributed by atoms with Crippen molar-refractivity contribution in [2.75, 3.05) is 6.61 Å². The highest BCUT2D eigenvalue weighted by Crippen LogP contribution is 2.65. The summed E-state index contributed by atoms with van der Waals surface area (Å²) in [5, 5.41) is 9.35. The molecule has 0 amide bonds. The molecular formula is C13H23NO. The highest BCUT2D eigenvalue weighted by Gasteiger charge is 2.57. The van der Waals surface area contributed by atoms with E-state index in [0.717, 1.165) is 11.8 Å². The molecule has 0 radical (unpaired) electrons. The molecule has 0 aliphatic heterocycles. The van der Waals surface area contributed by atoms with E-state index in [1.54, 1.807) is 0 Å². The molecule has 86 valence electrons. The van der Waals surface area contributed by atoms with Gasteiger partial charge in [-0.3, -0.25) is 0 Å². The van der Waals surface area contributed by atoms with Crippen LogP contribution in [0.1, 0.15) is 45.4 Å². The Labute approximate surface area is 92.2 Å². The summed E-state index contributed by atoms with van der Waals surface area (Å²) in [6.07, 6.45) is 8.14. The summed E-state index contributed by atoms with van der Waals surface area (Å²) in [5.41, 5.74) is 7.03. The number of nitrogens with two attached hydrogens (primary N) is 1. The maximum Gasteiger partial charge on any atom is 0.0587 e. The van der Waals surface area contributed by atoms with Crippen molar-refractivity contribution in [1.82, 2.24) is 0 Å². The van der Waals surface area contributed by atoms with Crippen LogP contribution >= 0.6 is 0 Å². The lowest BCUT2D eigenvalue weighted by molar-refractivity contribution is -0.118. The van der Waals surface area contributed by atoms with Crippen molar-refractivity contribution in [2.45, 2.75) is 51.5 Å². The van der Waals surface area contributed by atoms with Crippen molar-refractivity contribution >= 4 is 0 Å². The van der Waals surface area contributed by atoms with Gasteiger partial charge < -0.3 is 10.8 Å². The van der Waals surface area contributed by atoms with Gasteiger partial charge in [-0.15, -0.1) is 0 Å². The molecule has 0 saturated heterocycles. The normalized spacial score (nSPS) is 54.6. The van der Waals surface area contributed by atoms with Crippen LogP contribution in [0.3, 0.4) is 0 Å². The Morgan fingerprint density at radius 2 is 1.87 bits per heavy atom. The molecule has 15 heavy (non-hydrogen) atoms. The first-order valence-corrected chi connectivity index (χ1v) is 6.42. The second-order valence-electron chi connectivity index (χ2n) is 6.92. The topological polar surface area (TPSA) is 46.2 Å². The van der Waals surface area contributed by atoms with E-state index in [9.17, 15) is 5.11 Å². The van der Waals surface area contributed by atoms with Crippen molar-refractivity contribution in [2.24, 2.45) is 28.4 Å². The molecule has 4 fully saturated rings. The van der Waals surface area contributed by atoms with E-state index < -0.39 is 0 Å². The third-order valence-corrected chi connectivity index (χ3v) is 5.38. The number of hydrogen-bond donors (Lipinski definition) is 2. The molecule has 4 aliphatic carbocycles. The predicted octanol–water partition coefficient (Wildman–Crippen LogP) is 1.91. The number of aliphatic hydroxyl groups excluding tert-OH is 1. The van der Waals surface area contributed by atoms with Gasteiger partial charge in [-0.2, -0.15) is 0 Å². The largest absolute Gasteiger partial charge is 0.395 e. The fourth-order valence-corrected chi connectivity index (χ4v) is 5.43. The lowest BCUT2D eigenvalue weighted by Gasteiger charge is -2.63. The molecule has 3 atom stereocenters. The molecule has 0 spiro atoms. The number of rotatable bonds is 2. The lowest BCUT2D eigenvalue weighted by Crippen LogP contribution is -2.58. The molecule has 0 aromatic heterocycles. The summed E-state index contributed by atoms with van der Waals surface area (Å²) < 4.78 is 0. The minimum atomic E-state index is 0.0303. The Morgan fingerprint density at radius 1 is 1.27 bits per heavy atom. The fraction of sp³-hybridized carbons (Fsp3) is 1.00. The molecule has 2 nitrogen and oxygen atoms in total. The van der Waals surface area contributed by atoms with Crippen LogP contribution in [0.25, 0.3) is 0 Å². The van der Waals surface area contributed by atoms with Gasteiger partial charge in [0.1, 0.15) is 0 Å². The minimum absolute atomic E-state index is 0.0303. The molecule has 4 saturated carbocycles. The van der Waals surface area contributed by atoms with Gasteiger partial charge >= 0.3 is 0 Å². The highest BCUT2D eigenvalue weighted by atomic mass is 16.3. The summed E-state index contributed by atoms with van der Waals surface area (Å²) in [6.45, 7) is 2.62. The maximum atomic E-state index is 9.35. The van der Waals surface area contributed by atoms with Gasteiger partial charge in [0.2, 0.25) is 0 Å². The first-order chi connectivity index (χ1) is 7.05. The van der Waals surface area contributed by atoms with Crippen molar-refractivity contribution in [3.8, 4) is 0 Å². The van der Waals surface area contributed by atoms with Gasteiger partial charge in [-0.05, 0) is 61.2 Å². The SMILES string of the molecule is CC12CC3CC(C1)CC(C(N)CO)(C3)C2. The Balaban J connectivity index is 1.92. The van der Waals surface area contributed by atoms with Gasteiger partial charge in [0.15, 0.2) is 0 Å². The van der Waals surface area contributed by atoms with E-state index in [0.29, 0.717) is 10.8 Å². The standard InChI is InChI=1S/C13H23NO/c1-12-3-9-2-10(4-12)6-13(5-9,8-12)11(14)7-15/h9-11,15H,2-8,14H2,1H3. The first-order valence-electron chi connectivity index (χ1n) is 6.42. The van der Waals surface area contributed by atoms with Crippen LogP contribution in [0.4, 0.5) is 0 Å². The van der Waals surface area contributed by atoms with Gasteiger partial charge in [0.25, 0.3) is 0 Å². The second kappa shape index (κ2) is 2.98. The van der Waals surface area contributed by atoms with Crippen LogP contribution in [0.15, 0.2) is 0 Å². The van der Waals surface area contributed by atoms with Crippen LogP contribution in [0.5, 0.6) is 0 Å². The summed E-state index contributed by atoms with van der Waals surface area (Å²) in [6, 6.07) is 0.0303. The first kappa shape index (κ1) is 10.1. The Hall–Kier alpha value is -0.0800. The van der Waals surface area contributed by atoms with E-state index in [1.165, 1.54) is 38.5 Å². The van der Waals surface area contributed by atoms with Crippen LogP contribution in [0.2, 0.25) is 0 Å². The zero-order chi connectivity index (χ0) is 10.7. The molecule has 0 aromatic rings. The average Bonchev–Trinajstić information content (AvgIpc) is 2.12. The van der Waals surface area contributed by atoms with E-state index >= 15 is 0 Å². The molecule has 0 heterocycles. The molecule has 3 unspecified atom stereocenters. The molecular weight excluding hydrogens is 186 g/mol. The predicted molar refractivity (Wildman–Crippen MR) is 60.3 cm³/mol. The molecule has 0 aromatic carbocycles. The van der Waals surface area contributed by atoms with Gasteiger partial charge in [0.05, 0.1) is 6.61 Å². The molecule has 3 N–H and O–H groups in total. The fourth-order valence-electron chi connectivity index (χ4n) is 5.43. The quantitative estimate of drug-likeness (QED) is 0.730. The minimum Gasteiger partial charge on any atom is -0.395 e. The monoisotopic (exact) mass is 209 g/mol. The smallest absolute Gasteiger partial charge is 0.0587 e. The summed E-state index contributed by atoms with van der Waals surface area (Å²) in [7, 11) is 0. The van der Waals surface area contributed by atoms with Crippen molar-refractivity contribution in [3.63, 3.8) is 0 Å². The van der Waals surface area contributed by atoms with Crippen LogP contribution in [-0.4, -0.2) is 17.8 Å². The second-order valence-corrected chi connectivity index (χ2v) is 6.92. The third kappa shape index (κ3) is 1.38. The zero-order valence-corrected chi connectivity index (χ0v) is 9.71. The van der Waals surface area contributed by atoms with E-state index in [1.807, 2.05) is 0 Å². The Bertz CT molecular complexity index is 262. The molecule has 4 rings (SSSR count). The molecule has 2 heteroatoms. The van der Waals surface area contributed by atoms with E-state index in [4.69, 9.17) is 5.73 Å². The summed E-state index contributed by atoms with van der Waals surface area (Å²) in [4.78, 5) is 0. The van der Waals surface area contributed by atoms with E-state index in [2.05, 4.69) is 6.92 Å². The number of aliphatic hydroxyl groups is 1. The van der Waals surface area contributed by atoms with Crippen molar-refractivity contribution < 1.29 is 5.11 Å². The average molecular weight is 209 g/mol. The van der Waals surface area contributed by atoms with Crippen LogP contribution < -0.4 is 5.73 Å². The van der Waals surface area contributed by atoms with Crippen molar-refractivity contribution in [1.29, 1.82) is 0 Å². The van der Waals surface area contributed by atoms with Gasteiger partial charge in [0, 0.05) is 6.04 Å². The molecule has 4 aliphatic rings. The van der Waals surface area contributed by atoms with Crippen molar-refractivity contribution in [3.05, 3.63) is 0 Å². The highest BCUT2D eigenvalue weighted by molar-refractivity contribution is 5.09. The van der Waals surface area contributed by atoms with Crippen LogP contribution in [-0.2, 0) is 0 Å². The third-order valence-electron chi connectivity index (χ3n) is 5.38. The maximum absolute atomic E-state index is 9.35. The Morgan fingerprint density at radius 3 is 2.33 bits per heavy atom. The number of hydrogen-bond acceptors (Lipinski definition) is 2. The molecule has 4 bridgehead atoms.